The van der Waals surface area contributed by atoms with Crippen LogP contribution >= 0.6 is 0 Å². The van der Waals surface area contributed by atoms with Gasteiger partial charge < -0.3 is 14.9 Å². The van der Waals surface area contributed by atoms with E-state index in [9.17, 15) is 19.8 Å². The standard InChI is InChI=1S/C18H26O5/c1-11(15(20)21)14(9-19)8-17-4-12-3-13(5-17)7-18(6-12,10-17)16(22)23-2/h12-13,19H,3-10H2,1-2H3,(H,20,21). The summed E-state index contributed by atoms with van der Waals surface area (Å²) in [6.45, 7) is 1.34. The van der Waals surface area contributed by atoms with Gasteiger partial charge in [-0.1, -0.05) is 0 Å². The number of esters is 1. The molecule has 0 heterocycles. The van der Waals surface area contributed by atoms with E-state index in [4.69, 9.17) is 4.74 Å². The van der Waals surface area contributed by atoms with E-state index in [0.29, 0.717) is 23.8 Å². The molecule has 4 saturated carbocycles. The molecule has 2 atom stereocenters. The van der Waals surface area contributed by atoms with Crippen molar-refractivity contribution in [1.82, 2.24) is 0 Å². The Bertz CT molecular complexity index is 548. The first-order valence-electron chi connectivity index (χ1n) is 8.44. The number of carbonyl (C=O) groups excluding carboxylic acids is 1. The van der Waals surface area contributed by atoms with Crippen molar-refractivity contribution in [1.29, 1.82) is 0 Å². The Morgan fingerprint density at radius 2 is 1.78 bits per heavy atom. The minimum absolute atomic E-state index is 0.0486. The second-order valence-corrected chi connectivity index (χ2v) is 8.10. The zero-order valence-corrected chi connectivity index (χ0v) is 13.9. The number of rotatable bonds is 5. The van der Waals surface area contributed by atoms with E-state index in [1.54, 1.807) is 6.92 Å². The van der Waals surface area contributed by atoms with E-state index in [1.165, 1.54) is 13.5 Å². The minimum atomic E-state index is -0.971. The molecule has 0 aliphatic heterocycles. The summed E-state index contributed by atoms with van der Waals surface area (Å²) < 4.78 is 5.10. The molecule has 2 unspecified atom stereocenters. The Morgan fingerprint density at radius 1 is 1.17 bits per heavy atom. The molecule has 0 spiro atoms. The molecule has 4 fully saturated rings. The molecule has 4 aliphatic carbocycles. The molecule has 0 aromatic carbocycles. The molecule has 4 rings (SSSR count). The monoisotopic (exact) mass is 322 g/mol. The molecule has 23 heavy (non-hydrogen) atoms. The molecule has 0 aromatic heterocycles. The molecule has 128 valence electrons. The smallest absolute Gasteiger partial charge is 0.331 e. The molecule has 2 N–H and O–H groups in total. The third-order valence-corrected chi connectivity index (χ3v) is 6.43. The minimum Gasteiger partial charge on any atom is -0.478 e. The summed E-state index contributed by atoms with van der Waals surface area (Å²) >= 11 is 0. The van der Waals surface area contributed by atoms with Gasteiger partial charge in [0, 0.05) is 5.57 Å². The number of aliphatic hydroxyl groups is 1. The quantitative estimate of drug-likeness (QED) is 0.600. The second kappa shape index (κ2) is 5.62. The fraction of sp³-hybridized carbons (Fsp3) is 0.778. The van der Waals surface area contributed by atoms with Crippen molar-refractivity contribution in [2.75, 3.05) is 13.7 Å². The highest BCUT2D eigenvalue weighted by Crippen LogP contribution is 2.67. The molecular formula is C18H26O5. The van der Waals surface area contributed by atoms with Crippen molar-refractivity contribution in [3.8, 4) is 0 Å². The molecule has 0 saturated heterocycles. The molecular weight excluding hydrogens is 296 g/mol. The van der Waals surface area contributed by atoms with E-state index in [1.807, 2.05) is 0 Å². The summed E-state index contributed by atoms with van der Waals surface area (Å²) in [5.41, 5.74) is 0.429. The van der Waals surface area contributed by atoms with Crippen LogP contribution in [-0.4, -0.2) is 35.9 Å². The van der Waals surface area contributed by atoms with Gasteiger partial charge in [-0.15, -0.1) is 0 Å². The van der Waals surface area contributed by atoms with Crippen molar-refractivity contribution < 1.29 is 24.5 Å². The summed E-state index contributed by atoms with van der Waals surface area (Å²) in [5.74, 6) is -0.0113. The first kappa shape index (κ1) is 16.5. The van der Waals surface area contributed by atoms with Crippen molar-refractivity contribution in [3.63, 3.8) is 0 Å². The van der Waals surface area contributed by atoms with Crippen LogP contribution in [-0.2, 0) is 14.3 Å². The molecule has 0 amide bonds. The van der Waals surface area contributed by atoms with Crippen LogP contribution in [0.15, 0.2) is 11.1 Å². The Hall–Kier alpha value is -1.36. The number of aliphatic carboxylic acids is 1. The molecule has 0 radical (unpaired) electrons. The number of carboxylic acids is 1. The van der Waals surface area contributed by atoms with Gasteiger partial charge in [0.2, 0.25) is 0 Å². The second-order valence-electron chi connectivity index (χ2n) is 8.10. The van der Waals surface area contributed by atoms with Gasteiger partial charge in [-0.2, -0.15) is 0 Å². The van der Waals surface area contributed by atoms with Crippen LogP contribution < -0.4 is 0 Å². The van der Waals surface area contributed by atoms with Gasteiger partial charge in [0.15, 0.2) is 0 Å². The topological polar surface area (TPSA) is 83.8 Å². The van der Waals surface area contributed by atoms with Gasteiger partial charge in [0.05, 0.1) is 19.1 Å². The van der Waals surface area contributed by atoms with E-state index < -0.39 is 5.97 Å². The van der Waals surface area contributed by atoms with Crippen molar-refractivity contribution >= 4 is 11.9 Å². The maximum Gasteiger partial charge on any atom is 0.331 e. The normalized spacial score (nSPS) is 39.1. The zero-order valence-electron chi connectivity index (χ0n) is 13.9. The van der Waals surface area contributed by atoms with Gasteiger partial charge in [-0.05, 0) is 74.7 Å². The van der Waals surface area contributed by atoms with Crippen LogP contribution in [0.1, 0.15) is 51.9 Å². The highest BCUT2D eigenvalue weighted by molar-refractivity contribution is 5.86. The lowest BCUT2D eigenvalue weighted by atomic mass is 9.43. The van der Waals surface area contributed by atoms with Crippen LogP contribution in [0.25, 0.3) is 0 Å². The van der Waals surface area contributed by atoms with E-state index in [-0.39, 0.29) is 29.0 Å². The lowest BCUT2D eigenvalue weighted by molar-refractivity contribution is -0.178. The Balaban J connectivity index is 1.91. The van der Waals surface area contributed by atoms with Crippen LogP contribution in [0.4, 0.5) is 0 Å². The van der Waals surface area contributed by atoms with Crippen molar-refractivity contribution in [2.45, 2.75) is 51.9 Å². The fourth-order valence-electron chi connectivity index (χ4n) is 6.03. The third-order valence-electron chi connectivity index (χ3n) is 6.43. The van der Waals surface area contributed by atoms with Crippen LogP contribution in [0.2, 0.25) is 0 Å². The summed E-state index contributed by atoms with van der Waals surface area (Å²) in [7, 11) is 1.46. The Labute approximate surface area is 136 Å². The Kier molecular flexibility index (Phi) is 4.03. The number of hydrogen-bond donors (Lipinski definition) is 2. The third kappa shape index (κ3) is 2.69. The molecule has 0 aromatic rings. The largest absolute Gasteiger partial charge is 0.478 e. The van der Waals surface area contributed by atoms with Crippen molar-refractivity contribution in [3.05, 3.63) is 11.1 Å². The van der Waals surface area contributed by atoms with Gasteiger partial charge >= 0.3 is 11.9 Å². The summed E-state index contributed by atoms with van der Waals surface area (Å²) in [6, 6.07) is 0. The summed E-state index contributed by atoms with van der Waals surface area (Å²) in [5, 5.41) is 18.9. The summed E-state index contributed by atoms with van der Waals surface area (Å²) in [4.78, 5) is 23.7. The maximum atomic E-state index is 12.4. The number of aliphatic hydroxyl groups excluding tert-OH is 1. The SMILES string of the molecule is COC(=O)C12CC3CC(CC(CC(CO)=C(C)C(=O)O)(C3)C1)C2. The highest BCUT2D eigenvalue weighted by Gasteiger charge is 2.61. The van der Waals surface area contributed by atoms with Crippen LogP contribution in [0, 0.1) is 22.7 Å². The van der Waals surface area contributed by atoms with Gasteiger partial charge in [-0.3, -0.25) is 4.79 Å². The number of methoxy groups -OCH3 is 1. The molecule has 4 aliphatic rings. The van der Waals surface area contributed by atoms with Gasteiger partial charge in [0.25, 0.3) is 0 Å². The van der Waals surface area contributed by atoms with Crippen molar-refractivity contribution in [2.24, 2.45) is 22.7 Å². The van der Waals surface area contributed by atoms with Gasteiger partial charge in [-0.25, -0.2) is 4.79 Å². The fourth-order valence-corrected chi connectivity index (χ4v) is 6.03. The predicted molar refractivity (Wildman–Crippen MR) is 83.6 cm³/mol. The average Bonchev–Trinajstić information content (AvgIpc) is 2.49. The zero-order chi connectivity index (χ0) is 16.8. The Morgan fingerprint density at radius 3 is 2.26 bits per heavy atom. The lowest BCUT2D eigenvalue weighted by Gasteiger charge is -2.61. The number of carbonyl (C=O) groups is 2. The predicted octanol–water partition coefficient (Wildman–Crippen LogP) is 2.53. The van der Waals surface area contributed by atoms with Gasteiger partial charge in [0.1, 0.15) is 0 Å². The number of hydrogen-bond acceptors (Lipinski definition) is 4. The molecule has 5 heteroatoms. The maximum absolute atomic E-state index is 12.4. The number of ether oxygens (including phenoxy) is 1. The van der Waals surface area contributed by atoms with E-state index >= 15 is 0 Å². The van der Waals surface area contributed by atoms with E-state index in [0.717, 1.165) is 32.1 Å². The highest BCUT2D eigenvalue weighted by atomic mass is 16.5. The summed E-state index contributed by atoms with van der Waals surface area (Å²) in [6.07, 6.45) is 6.44. The van der Waals surface area contributed by atoms with Crippen LogP contribution in [0.5, 0.6) is 0 Å². The lowest BCUT2D eigenvalue weighted by Crippen LogP contribution is -2.55. The molecule has 4 bridgehead atoms. The van der Waals surface area contributed by atoms with E-state index in [2.05, 4.69) is 0 Å². The number of carboxylic acid groups (broad SMARTS) is 1. The van der Waals surface area contributed by atoms with Crippen LogP contribution in [0.3, 0.4) is 0 Å². The average molecular weight is 322 g/mol. The molecule has 5 nitrogen and oxygen atoms in total. The first-order valence-corrected chi connectivity index (χ1v) is 8.44. The first-order chi connectivity index (χ1) is 10.8.